The maximum Gasteiger partial charge on any atom is 0.308 e. The van der Waals surface area contributed by atoms with Gasteiger partial charge in [-0.3, -0.25) is 4.79 Å². The van der Waals surface area contributed by atoms with Crippen molar-refractivity contribution in [3.63, 3.8) is 0 Å². The zero-order valence-electron chi connectivity index (χ0n) is 14.3. The molecule has 2 saturated heterocycles. The molecule has 0 N–H and O–H groups in total. The first kappa shape index (κ1) is 17.4. The summed E-state index contributed by atoms with van der Waals surface area (Å²) in [5.41, 5.74) is 1.10. The molecule has 1 aromatic rings. The summed E-state index contributed by atoms with van der Waals surface area (Å²) in [6.07, 6.45) is -1.04. The van der Waals surface area contributed by atoms with Gasteiger partial charge in [-0.05, 0) is 19.4 Å². The van der Waals surface area contributed by atoms with Crippen molar-refractivity contribution in [1.82, 2.24) is 0 Å². The quantitative estimate of drug-likeness (QED) is 0.741. The van der Waals surface area contributed by atoms with E-state index in [-0.39, 0.29) is 36.8 Å². The molecule has 6 heteroatoms. The summed E-state index contributed by atoms with van der Waals surface area (Å²) in [5, 5.41) is 0. The molecule has 0 saturated carbocycles. The zero-order valence-corrected chi connectivity index (χ0v) is 14.3. The lowest BCUT2D eigenvalue weighted by Gasteiger charge is -2.23. The van der Waals surface area contributed by atoms with Gasteiger partial charge in [0.1, 0.15) is 18.3 Å². The number of methoxy groups -OCH3 is 1. The number of rotatable bonds is 6. The summed E-state index contributed by atoms with van der Waals surface area (Å²) < 4.78 is 28.3. The lowest BCUT2D eigenvalue weighted by molar-refractivity contribution is -0.194. The van der Waals surface area contributed by atoms with Crippen molar-refractivity contribution in [2.24, 2.45) is 0 Å². The molecule has 0 bridgehead atoms. The summed E-state index contributed by atoms with van der Waals surface area (Å²) in [6, 6.07) is 9.94. The van der Waals surface area contributed by atoms with Crippen LogP contribution in [-0.2, 0) is 35.1 Å². The van der Waals surface area contributed by atoms with Crippen LogP contribution in [0.15, 0.2) is 30.3 Å². The molecule has 4 atom stereocenters. The van der Waals surface area contributed by atoms with Gasteiger partial charge in [-0.2, -0.15) is 0 Å². The van der Waals surface area contributed by atoms with Crippen molar-refractivity contribution in [3.8, 4) is 0 Å². The summed E-state index contributed by atoms with van der Waals surface area (Å²) in [7, 11) is 1.37. The van der Waals surface area contributed by atoms with Gasteiger partial charge in [-0.15, -0.1) is 0 Å². The smallest absolute Gasteiger partial charge is 0.308 e. The molecule has 6 nitrogen and oxygen atoms in total. The molecule has 0 aromatic heterocycles. The standard InChI is InChI=1S/C18H24O6/c1-18(2)23-16-13(9-15(19)20-3)22-14(17(16)24-18)11-21-10-12-7-5-4-6-8-12/h4-8,13-14,16-17H,9-11H2,1-3H3/t13-,14+,16-,17+/m0/s1. The Morgan fingerprint density at radius 2 is 1.79 bits per heavy atom. The summed E-state index contributed by atoms with van der Waals surface area (Å²) >= 11 is 0. The SMILES string of the molecule is COC(=O)C[C@@H]1O[C@H](COCc2ccccc2)[C@H]2OC(C)(C)O[C@H]21. The van der Waals surface area contributed by atoms with Crippen molar-refractivity contribution in [2.75, 3.05) is 13.7 Å². The van der Waals surface area contributed by atoms with Gasteiger partial charge in [0, 0.05) is 0 Å². The number of carbonyl (C=O) groups excluding carboxylic acids is 1. The molecule has 24 heavy (non-hydrogen) atoms. The summed E-state index contributed by atoms with van der Waals surface area (Å²) in [5.74, 6) is -1.01. The molecule has 132 valence electrons. The maximum absolute atomic E-state index is 11.6. The predicted molar refractivity (Wildman–Crippen MR) is 85.2 cm³/mol. The number of carbonyl (C=O) groups is 1. The highest BCUT2D eigenvalue weighted by atomic mass is 16.8. The molecule has 0 aliphatic carbocycles. The molecular formula is C18H24O6. The molecule has 0 spiro atoms. The average Bonchev–Trinajstić information content (AvgIpc) is 3.03. The Balaban J connectivity index is 1.59. The predicted octanol–water partition coefficient (Wildman–Crippen LogP) is 2.05. The number of hydrogen-bond donors (Lipinski definition) is 0. The largest absolute Gasteiger partial charge is 0.469 e. The molecule has 0 radical (unpaired) electrons. The van der Waals surface area contributed by atoms with Gasteiger partial charge in [0.15, 0.2) is 5.79 Å². The van der Waals surface area contributed by atoms with Crippen molar-refractivity contribution in [3.05, 3.63) is 35.9 Å². The highest BCUT2D eigenvalue weighted by Crippen LogP contribution is 2.39. The normalized spacial score (nSPS) is 31.0. The van der Waals surface area contributed by atoms with Gasteiger partial charge in [0.05, 0.1) is 32.8 Å². The van der Waals surface area contributed by atoms with Gasteiger partial charge in [-0.25, -0.2) is 0 Å². The van der Waals surface area contributed by atoms with Crippen LogP contribution in [0.2, 0.25) is 0 Å². The fraction of sp³-hybridized carbons (Fsp3) is 0.611. The van der Waals surface area contributed by atoms with Crippen LogP contribution in [0.4, 0.5) is 0 Å². The lowest BCUT2D eigenvalue weighted by Crippen LogP contribution is -2.33. The number of esters is 1. The molecule has 0 unspecified atom stereocenters. The van der Waals surface area contributed by atoms with E-state index >= 15 is 0 Å². The third-order valence-electron chi connectivity index (χ3n) is 4.24. The molecule has 2 aliphatic rings. The molecule has 3 rings (SSSR count). The molecule has 2 fully saturated rings. The van der Waals surface area contributed by atoms with Crippen LogP contribution < -0.4 is 0 Å². The monoisotopic (exact) mass is 336 g/mol. The Hall–Kier alpha value is -1.47. The molecule has 1 aromatic carbocycles. The van der Waals surface area contributed by atoms with Gasteiger partial charge >= 0.3 is 5.97 Å². The van der Waals surface area contributed by atoms with Gasteiger partial charge in [0.25, 0.3) is 0 Å². The molecule has 2 heterocycles. The minimum Gasteiger partial charge on any atom is -0.469 e. The van der Waals surface area contributed by atoms with E-state index in [9.17, 15) is 4.79 Å². The Bertz CT molecular complexity index is 558. The maximum atomic E-state index is 11.6. The first-order valence-electron chi connectivity index (χ1n) is 8.18. The molecule has 2 aliphatic heterocycles. The zero-order chi connectivity index (χ0) is 17.2. The van der Waals surface area contributed by atoms with Gasteiger partial charge in [-0.1, -0.05) is 30.3 Å². The Kier molecular flexibility index (Phi) is 5.20. The number of ether oxygens (including phenoxy) is 5. The molecule has 0 amide bonds. The van der Waals surface area contributed by atoms with Crippen molar-refractivity contribution in [1.29, 1.82) is 0 Å². The first-order valence-corrected chi connectivity index (χ1v) is 8.18. The summed E-state index contributed by atoms with van der Waals surface area (Å²) in [4.78, 5) is 11.6. The van der Waals surface area contributed by atoms with Gasteiger partial charge < -0.3 is 23.7 Å². The Morgan fingerprint density at radius 1 is 1.12 bits per heavy atom. The van der Waals surface area contributed by atoms with E-state index in [4.69, 9.17) is 23.7 Å². The second-order valence-electron chi connectivity index (χ2n) is 6.56. The minimum atomic E-state index is -0.689. The van der Waals surface area contributed by atoms with E-state index in [2.05, 4.69) is 0 Å². The van der Waals surface area contributed by atoms with E-state index in [1.165, 1.54) is 7.11 Å². The van der Waals surface area contributed by atoms with E-state index in [0.29, 0.717) is 13.2 Å². The third kappa shape index (κ3) is 3.95. The number of fused-ring (bicyclic) bond motifs is 1. The van der Waals surface area contributed by atoms with Crippen LogP contribution in [0, 0.1) is 0 Å². The lowest BCUT2D eigenvalue weighted by atomic mass is 10.1. The van der Waals surface area contributed by atoms with Crippen LogP contribution >= 0.6 is 0 Å². The fourth-order valence-electron chi connectivity index (χ4n) is 3.18. The van der Waals surface area contributed by atoms with Crippen molar-refractivity contribution < 1.29 is 28.5 Å². The van der Waals surface area contributed by atoms with E-state index in [0.717, 1.165) is 5.56 Å². The van der Waals surface area contributed by atoms with Crippen LogP contribution in [0.1, 0.15) is 25.8 Å². The second-order valence-corrected chi connectivity index (χ2v) is 6.56. The van der Waals surface area contributed by atoms with Crippen LogP contribution in [0.25, 0.3) is 0 Å². The Labute approximate surface area is 142 Å². The number of hydrogen-bond acceptors (Lipinski definition) is 6. The highest BCUT2D eigenvalue weighted by Gasteiger charge is 2.55. The first-order chi connectivity index (χ1) is 11.5. The summed E-state index contributed by atoms with van der Waals surface area (Å²) in [6.45, 7) is 4.61. The highest BCUT2D eigenvalue weighted by molar-refractivity contribution is 5.70. The average molecular weight is 336 g/mol. The Morgan fingerprint density at radius 3 is 2.46 bits per heavy atom. The van der Waals surface area contributed by atoms with Crippen molar-refractivity contribution >= 4 is 5.97 Å². The van der Waals surface area contributed by atoms with Crippen molar-refractivity contribution in [2.45, 2.75) is 57.1 Å². The number of benzene rings is 1. The molecular weight excluding hydrogens is 312 g/mol. The van der Waals surface area contributed by atoms with Crippen LogP contribution in [0.5, 0.6) is 0 Å². The second kappa shape index (κ2) is 7.19. The topological polar surface area (TPSA) is 63.2 Å². The van der Waals surface area contributed by atoms with E-state index in [1.807, 2.05) is 44.2 Å². The van der Waals surface area contributed by atoms with E-state index in [1.54, 1.807) is 0 Å². The third-order valence-corrected chi connectivity index (χ3v) is 4.24. The van der Waals surface area contributed by atoms with Crippen LogP contribution in [-0.4, -0.2) is 49.9 Å². The van der Waals surface area contributed by atoms with Crippen LogP contribution in [0.3, 0.4) is 0 Å². The fourth-order valence-corrected chi connectivity index (χ4v) is 3.18. The minimum absolute atomic E-state index is 0.145. The van der Waals surface area contributed by atoms with Gasteiger partial charge in [0.2, 0.25) is 0 Å². The van der Waals surface area contributed by atoms with E-state index < -0.39 is 5.79 Å².